The van der Waals surface area contributed by atoms with Gasteiger partial charge in [0, 0.05) is 18.9 Å². The van der Waals surface area contributed by atoms with E-state index in [1.54, 1.807) is 6.07 Å². The van der Waals surface area contributed by atoms with E-state index < -0.39 is 12.1 Å². The summed E-state index contributed by atoms with van der Waals surface area (Å²) in [5.74, 6) is -0.0959. The minimum atomic E-state index is -1.00. The number of aliphatic carboxylic acids is 1. The molecule has 0 aliphatic heterocycles. The number of rotatable bonds is 6. The number of nitrogens with one attached hydrogen (secondary N) is 1. The van der Waals surface area contributed by atoms with Crippen LogP contribution in [0.3, 0.4) is 0 Å². The number of anilines is 1. The molecule has 0 aliphatic rings. The standard InChI is InChI=1S/C11H17N3O3/c1-7(2)8-4-10(14-6-13-8)12-5-9(17-3)11(15)16/h4,6-7,9H,5H2,1-3H3,(H,15,16)(H,12,13,14). The van der Waals surface area contributed by atoms with Crippen LogP contribution in [0.5, 0.6) is 0 Å². The first-order valence-electron chi connectivity index (χ1n) is 5.36. The number of nitrogens with zero attached hydrogens (tertiary/aromatic N) is 2. The van der Waals surface area contributed by atoms with Crippen LogP contribution in [0, 0.1) is 0 Å². The molecular weight excluding hydrogens is 222 g/mol. The molecule has 2 N–H and O–H groups in total. The van der Waals surface area contributed by atoms with Crippen LogP contribution in [0.25, 0.3) is 0 Å². The average Bonchev–Trinajstić information content (AvgIpc) is 2.29. The van der Waals surface area contributed by atoms with Crippen LogP contribution in [0.15, 0.2) is 12.4 Å². The van der Waals surface area contributed by atoms with E-state index in [2.05, 4.69) is 15.3 Å². The second-order valence-corrected chi connectivity index (χ2v) is 3.93. The lowest BCUT2D eigenvalue weighted by Gasteiger charge is -2.12. The van der Waals surface area contributed by atoms with Crippen molar-refractivity contribution >= 4 is 11.8 Å². The van der Waals surface area contributed by atoms with Gasteiger partial charge < -0.3 is 15.2 Å². The highest BCUT2D eigenvalue weighted by molar-refractivity contribution is 5.73. The first kappa shape index (κ1) is 13.4. The fourth-order valence-electron chi connectivity index (χ4n) is 1.25. The Hall–Kier alpha value is -1.69. The summed E-state index contributed by atoms with van der Waals surface area (Å²) in [6.07, 6.45) is 0.577. The van der Waals surface area contributed by atoms with Crippen LogP contribution in [0.4, 0.5) is 5.82 Å². The minimum Gasteiger partial charge on any atom is -0.479 e. The molecule has 1 aromatic rings. The van der Waals surface area contributed by atoms with Crippen molar-refractivity contribution in [1.82, 2.24) is 9.97 Å². The fraction of sp³-hybridized carbons (Fsp3) is 0.545. The van der Waals surface area contributed by atoms with Gasteiger partial charge in [-0.05, 0) is 5.92 Å². The molecule has 0 aromatic carbocycles. The number of hydrogen-bond acceptors (Lipinski definition) is 5. The Morgan fingerprint density at radius 2 is 2.24 bits per heavy atom. The van der Waals surface area contributed by atoms with Crippen molar-refractivity contribution in [2.24, 2.45) is 0 Å². The second kappa shape index (κ2) is 6.15. The molecule has 0 aliphatic carbocycles. The molecule has 0 spiro atoms. The molecule has 1 atom stereocenters. The third-order valence-corrected chi connectivity index (χ3v) is 2.31. The highest BCUT2D eigenvalue weighted by Crippen LogP contribution is 2.13. The van der Waals surface area contributed by atoms with Crippen molar-refractivity contribution in [3.8, 4) is 0 Å². The molecule has 0 radical (unpaired) electrons. The number of methoxy groups -OCH3 is 1. The zero-order valence-corrected chi connectivity index (χ0v) is 10.2. The molecule has 0 saturated heterocycles. The van der Waals surface area contributed by atoms with Crippen molar-refractivity contribution in [2.75, 3.05) is 19.0 Å². The largest absolute Gasteiger partial charge is 0.479 e. The lowest BCUT2D eigenvalue weighted by Crippen LogP contribution is -2.30. The smallest absolute Gasteiger partial charge is 0.334 e. The van der Waals surface area contributed by atoms with Gasteiger partial charge >= 0.3 is 5.97 Å². The summed E-state index contributed by atoms with van der Waals surface area (Å²) in [5.41, 5.74) is 0.909. The Morgan fingerprint density at radius 3 is 2.76 bits per heavy atom. The van der Waals surface area contributed by atoms with E-state index in [1.807, 2.05) is 13.8 Å². The van der Waals surface area contributed by atoms with E-state index in [0.29, 0.717) is 11.7 Å². The van der Waals surface area contributed by atoms with E-state index in [0.717, 1.165) is 5.69 Å². The molecule has 0 saturated carbocycles. The maximum atomic E-state index is 10.7. The Labute approximate surface area is 100 Å². The topological polar surface area (TPSA) is 84.3 Å². The number of carbonyl (C=O) groups is 1. The van der Waals surface area contributed by atoms with Gasteiger partial charge in [-0.3, -0.25) is 0 Å². The molecule has 0 bridgehead atoms. The van der Waals surface area contributed by atoms with Gasteiger partial charge in [0.15, 0.2) is 6.10 Å². The average molecular weight is 239 g/mol. The van der Waals surface area contributed by atoms with Crippen molar-refractivity contribution in [3.63, 3.8) is 0 Å². The summed E-state index contributed by atoms with van der Waals surface area (Å²) in [7, 11) is 1.36. The van der Waals surface area contributed by atoms with Crippen LogP contribution in [-0.2, 0) is 9.53 Å². The van der Waals surface area contributed by atoms with Crippen LogP contribution in [0.2, 0.25) is 0 Å². The minimum absolute atomic E-state index is 0.167. The molecule has 6 nitrogen and oxygen atoms in total. The molecule has 6 heteroatoms. The van der Waals surface area contributed by atoms with Crippen LogP contribution in [0.1, 0.15) is 25.5 Å². The number of carboxylic acids is 1. The highest BCUT2D eigenvalue weighted by Gasteiger charge is 2.16. The van der Waals surface area contributed by atoms with E-state index in [-0.39, 0.29) is 6.54 Å². The molecule has 1 aromatic heterocycles. The molecule has 17 heavy (non-hydrogen) atoms. The number of carboxylic acid groups (broad SMARTS) is 1. The maximum absolute atomic E-state index is 10.7. The van der Waals surface area contributed by atoms with E-state index >= 15 is 0 Å². The Morgan fingerprint density at radius 1 is 1.53 bits per heavy atom. The monoisotopic (exact) mass is 239 g/mol. The number of aromatic nitrogens is 2. The lowest BCUT2D eigenvalue weighted by atomic mass is 10.1. The van der Waals surface area contributed by atoms with Gasteiger partial charge in [0.1, 0.15) is 12.1 Å². The molecule has 1 unspecified atom stereocenters. The van der Waals surface area contributed by atoms with Gasteiger partial charge in [0.25, 0.3) is 0 Å². The molecule has 1 rings (SSSR count). The molecule has 0 fully saturated rings. The summed E-state index contributed by atoms with van der Waals surface area (Å²) in [4.78, 5) is 18.9. The Kier molecular flexibility index (Phi) is 4.84. The second-order valence-electron chi connectivity index (χ2n) is 3.93. The molecule has 94 valence electrons. The van der Waals surface area contributed by atoms with Crippen LogP contribution in [-0.4, -0.2) is 40.8 Å². The van der Waals surface area contributed by atoms with Crippen molar-refractivity contribution < 1.29 is 14.6 Å². The van der Waals surface area contributed by atoms with Crippen LogP contribution >= 0.6 is 0 Å². The summed E-state index contributed by atoms with van der Waals surface area (Å²) in [6.45, 7) is 4.23. The van der Waals surface area contributed by atoms with Gasteiger partial charge in [0.2, 0.25) is 0 Å². The van der Waals surface area contributed by atoms with Crippen LogP contribution < -0.4 is 5.32 Å². The predicted molar refractivity (Wildman–Crippen MR) is 63.0 cm³/mol. The highest BCUT2D eigenvalue weighted by atomic mass is 16.5. The van der Waals surface area contributed by atoms with E-state index in [4.69, 9.17) is 9.84 Å². The quantitative estimate of drug-likeness (QED) is 0.773. The zero-order valence-electron chi connectivity index (χ0n) is 10.2. The maximum Gasteiger partial charge on any atom is 0.334 e. The summed E-state index contributed by atoms with van der Waals surface area (Å²) < 4.78 is 4.81. The van der Waals surface area contributed by atoms with E-state index in [9.17, 15) is 4.79 Å². The summed E-state index contributed by atoms with van der Waals surface area (Å²) in [5, 5.41) is 11.7. The summed E-state index contributed by atoms with van der Waals surface area (Å²) in [6, 6.07) is 1.80. The molecular formula is C11H17N3O3. The van der Waals surface area contributed by atoms with Gasteiger partial charge in [-0.1, -0.05) is 13.8 Å². The normalized spacial score (nSPS) is 12.5. The summed E-state index contributed by atoms with van der Waals surface area (Å²) >= 11 is 0. The predicted octanol–water partition coefficient (Wildman–Crippen LogP) is 1.11. The Balaban J connectivity index is 2.62. The fourth-order valence-corrected chi connectivity index (χ4v) is 1.25. The van der Waals surface area contributed by atoms with Crippen molar-refractivity contribution in [2.45, 2.75) is 25.9 Å². The SMILES string of the molecule is COC(CNc1cc(C(C)C)ncn1)C(=O)O. The van der Waals surface area contributed by atoms with E-state index in [1.165, 1.54) is 13.4 Å². The third kappa shape index (κ3) is 3.99. The third-order valence-electron chi connectivity index (χ3n) is 2.31. The lowest BCUT2D eigenvalue weighted by molar-refractivity contribution is -0.147. The van der Waals surface area contributed by atoms with Gasteiger partial charge in [-0.2, -0.15) is 0 Å². The van der Waals surface area contributed by atoms with Gasteiger partial charge in [-0.25, -0.2) is 14.8 Å². The first-order chi connectivity index (χ1) is 8.04. The zero-order chi connectivity index (χ0) is 12.8. The molecule has 1 heterocycles. The first-order valence-corrected chi connectivity index (χ1v) is 5.36. The number of hydrogen-bond donors (Lipinski definition) is 2. The molecule has 0 amide bonds. The van der Waals surface area contributed by atoms with Crippen molar-refractivity contribution in [3.05, 3.63) is 18.1 Å². The van der Waals surface area contributed by atoms with Crippen molar-refractivity contribution in [1.29, 1.82) is 0 Å². The van der Waals surface area contributed by atoms with Gasteiger partial charge in [0.05, 0.1) is 6.54 Å². The number of ether oxygens (including phenoxy) is 1. The Bertz CT molecular complexity index is 382. The van der Waals surface area contributed by atoms with Gasteiger partial charge in [-0.15, -0.1) is 0 Å².